The Kier molecular flexibility index (Phi) is 5.47. The molecule has 0 amide bonds. The minimum atomic E-state index is 0.474. The Labute approximate surface area is 162 Å². The summed E-state index contributed by atoms with van der Waals surface area (Å²) in [5.74, 6) is 1.17. The van der Waals surface area contributed by atoms with Crippen molar-refractivity contribution in [3.63, 3.8) is 0 Å². The zero-order valence-electron chi connectivity index (χ0n) is 14.4. The highest BCUT2D eigenvalue weighted by Crippen LogP contribution is 2.36. The van der Waals surface area contributed by atoms with Gasteiger partial charge in [-0.1, -0.05) is 54.7 Å². The molecule has 1 N–H and O–H groups in total. The molecular formula is C19H20Cl3N3. The van der Waals surface area contributed by atoms with E-state index in [-0.39, 0.29) is 0 Å². The van der Waals surface area contributed by atoms with Crippen LogP contribution >= 0.6 is 34.8 Å². The SMILES string of the molecule is CCC(CC)c1ccc(Cl)c2nc(Nc3ccc(Cl)cc3Cl)n(C)c12. The molecule has 0 saturated heterocycles. The van der Waals surface area contributed by atoms with Crippen molar-refractivity contribution >= 4 is 57.5 Å². The average molecular weight is 397 g/mol. The Bertz CT molecular complexity index is 914. The van der Waals surface area contributed by atoms with Crippen molar-refractivity contribution in [2.45, 2.75) is 32.6 Å². The summed E-state index contributed by atoms with van der Waals surface area (Å²) >= 11 is 18.7. The number of nitrogens with one attached hydrogen (secondary N) is 1. The third-order valence-corrected chi connectivity index (χ3v) is 5.46. The molecule has 6 heteroatoms. The molecule has 132 valence electrons. The van der Waals surface area contributed by atoms with Gasteiger partial charge in [0.05, 0.1) is 21.2 Å². The highest BCUT2D eigenvalue weighted by molar-refractivity contribution is 6.36. The number of imidazole rings is 1. The Morgan fingerprint density at radius 1 is 1.04 bits per heavy atom. The van der Waals surface area contributed by atoms with E-state index in [0.29, 0.717) is 26.9 Å². The lowest BCUT2D eigenvalue weighted by atomic mass is 9.93. The standard InChI is InChI=1S/C19H20Cl3N3/c1-4-11(5-2)13-7-8-14(21)17-18(13)25(3)19(24-17)23-16-9-6-12(20)10-15(16)22/h6-11H,4-5H2,1-3H3,(H,23,24). The van der Waals surface area contributed by atoms with Crippen LogP contribution in [0.2, 0.25) is 15.1 Å². The molecule has 0 aliphatic heterocycles. The molecule has 0 bridgehead atoms. The lowest BCUT2D eigenvalue weighted by Gasteiger charge is -2.16. The summed E-state index contributed by atoms with van der Waals surface area (Å²) in [6, 6.07) is 9.39. The maximum atomic E-state index is 6.41. The predicted octanol–water partition coefficient (Wildman–Crippen LogP) is 7.18. The zero-order valence-corrected chi connectivity index (χ0v) is 16.7. The minimum Gasteiger partial charge on any atom is -0.324 e. The molecule has 3 rings (SSSR count). The molecule has 0 aliphatic rings. The van der Waals surface area contributed by atoms with Gasteiger partial charge >= 0.3 is 0 Å². The number of hydrogen-bond acceptors (Lipinski definition) is 2. The molecule has 0 spiro atoms. The first-order valence-electron chi connectivity index (χ1n) is 8.33. The van der Waals surface area contributed by atoms with Crippen LogP contribution in [0, 0.1) is 0 Å². The molecule has 0 unspecified atom stereocenters. The Morgan fingerprint density at radius 3 is 2.40 bits per heavy atom. The number of rotatable bonds is 5. The molecule has 2 aromatic carbocycles. The van der Waals surface area contributed by atoms with Gasteiger partial charge in [-0.05, 0) is 48.6 Å². The molecule has 0 saturated carbocycles. The minimum absolute atomic E-state index is 0.474. The molecular weight excluding hydrogens is 377 g/mol. The van der Waals surface area contributed by atoms with Gasteiger partial charge in [-0.2, -0.15) is 0 Å². The van der Waals surface area contributed by atoms with Gasteiger partial charge in [-0.25, -0.2) is 4.98 Å². The van der Waals surface area contributed by atoms with Crippen molar-refractivity contribution in [3.05, 3.63) is 51.0 Å². The van der Waals surface area contributed by atoms with Crippen molar-refractivity contribution in [3.8, 4) is 0 Å². The van der Waals surface area contributed by atoms with E-state index < -0.39 is 0 Å². The maximum Gasteiger partial charge on any atom is 0.208 e. The van der Waals surface area contributed by atoms with Gasteiger partial charge in [-0.15, -0.1) is 0 Å². The smallest absolute Gasteiger partial charge is 0.208 e. The van der Waals surface area contributed by atoms with Gasteiger partial charge in [0, 0.05) is 12.1 Å². The number of aryl methyl sites for hydroxylation is 1. The second-order valence-electron chi connectivity index (χ2n) is 6.09. The van der Waals surface area contributed by atoms with Gasteiger partial charge in [0.2, 0.25) is 5.95 Å². The van der Waals surface area contributed by atoms with Crippen LogP contribution in [0.1, 0.15) is 38.2 Å². The van der Waals surface area contributed by atoms with Crippen molar-refractivity contribution in [2.75, 3.05) is 5.32 Å². The molecule has 1 aromatic heterocycles. The summed E-state index contributed by atoms with van der Waals surface area (Å²) in [7, 11) is 1.99. The Morgan fingerprint density at radius 2 is 1.76 bits per heavy atom. The lowest BCUT2D eigenvalue weighted by molar-refractivity contribution is 0.643. The Hall–Kier alpha value is -1.42. The number of hydrogen-bond donors (Lipinski definition) is 1. The number of aromatic nitrogens is 2. The van der Waals surface area contributed by atoms with Crippen LogP contribution in [0.3, 0.4) is 0 Å². The third-order valence-electron chi connectivity index (χ3n) is 4.61. The number of anilines is 2. The largest absolute Gasteiger partial charge is 0.324 e. The quantitative estimate of drug-likeness (QED) is 0.495. The fraction of sp³-hybridized carbons (Fsp3) is 0.316. The van der Waals surface area contributed by atoms with E-state index in [4.69, 9.17) is 39.8 Å². The molecule has 0 fully saturated rings. The van der Waals surface area contributed by atoms with E-state index in [1.54, 1.807) is 12.1 Å². The number of halogens is 3. The summed E-state index contributed by atoms with van der Waals surface area (Å²) in [4.78, 5) is 4.71. The first kappa shape index (κ1) is 18.4. The topological polar surface area (TPSA) is 29.9 Å². The highest BCUT2D eigenvalue weighted by atomic mass is 35.5. The average Bonchev–Trinajstić information content (AvgIpc) is 2.91. The lowest BCUT2D eigenvalue weighted by Crippen LogP contribution is -2.03. The monoisotopic (exact) mass is 395 g/mol. The van der Waals surface area contributed by atoms with E-state index in [1.165, 1.54) is 5.56 Å². The second kappa shape index (κ2) is 7.45. The van der Waals surface area contributed by atoms with Crippen LogP contribution < -0.4 is 5.32 Å². The molecule has 1 heterocycles. The fourth-order valence-corrected chi connectivity index (χ4v) is 3.85. The van der Waals surface area contributed by atoms with Crippen molar-refractivity contribution in [1.29, 1.82) is 0 Å². The van der Waals surface area contributed by atoms with Gasteiger partial charge in [-0.3, -0.25) is 0 Å². The van der Waals surface area contributed by atoms with E-state index in [9.17, 15) is 0 Å². The number of nitrogens with zero attached hydrogens (tertiary/aromatic N) is 2. The Balaban J connectivity index is 2.13. The normalized spacial score (nSPS) is 11.5. The van der Waals surface area contributed by atoms with Gasteiger partial charge < -0.3 is 9.88 Å². The van der Waals surface area contributed by atoms with E-state index in [1.807, 2.05) is 23.7 Å². The van der Waals surface area contributed by atoms with Crippen molar-refractivity contribution in [2.24, 2.45) is 7.05 Å². The molecule has 0 atom stereocenters. The van der Waals surface area contributed by atoms with E-state index in [2.05, 4.69) is 25.2 Å². The van der Waals surface area contributed by atoms with Gasteiger partial charge in [0.1, 0.15) is 5.52 Å². The van der Waals surface area contributed by atoms with Crippen molar-refractivity contribution in [1.82, 2.24) is 9.55 Å². The highest BCUT2D eigenvalue weighted by Gasteiger charge is 2.19. The van der Waals surface area contributed by atoms with E-state index >= 15 is 0 Å². The third kappa shape index (κ3) is 3.46. The van der Waals surface area contributed by atoms with Crippen LogP contribution in [0.15, 0.2) is 30.3 Å². The summed E-state index contributed by atoms with van der Waals surface area (Å²) in [5, 5.41) is 5.08. The van der Waals surface area contributed by atoms with Crippen LogP contribution in [-0.2, 0) is 7.05 Å². The molecule has 0 aliphatic carbocycles. The molecule has 3 nitrogen and oxygen atoms in total. The molecule has 25 heavy (non-hydrogen) atoms. The number of benzene rings is 2. The molecule has 3 aromatic rings. The second-order valence-corrected chi connectivity index (χ2v) is 7.34. The fourth-order valence-electron chi connectivity index (χ4n) is 3.20. The van der Waals surface area contributed by atoms with Crippen LogP contribution in [-0.4, -0.2) is 9.55 Å². The van der Waals surface area contributed by atoms with Crippen LogP contribution in [0.4, 0.5) is 11.6 Å². The van der Waals surface area contributed by atoms with Gasteiger partial charge in [0.15, 0.2) is 0 Å². The predicted molar refractivity (Wildman–Crippen MR) is 109 cm³/mol. The summed E-state index contributed by atoms with van der Waals surface area (Å²) < 4.78 is 2.04. The summed E-state index contributed by atoms with van der Waals surface area (Å²) in [5.41, 5.74) is 3.90. The summed E-state index contributed by atoms with van der Waals surface area (Å²) in [6.45, 7) is 4.41. The van der Waals surface area contributed by atoms with Gasteiger partial charge in [0.25, 0.3) is 0 Å². The van der Waals surface area contributed by atoms with Crippen LogP contribution in [0.5, 0.6) is 0 Å². The van der Waals surface area contributed by atoms with E-state index in [0.717, 1.165) is 29.6 Å². The first-order chi connectivity index (χ1) is 12.0. The first-order valence-corrected chi connectivity index (χ1v) is 9.46. The summed E-state index contributed by atoms with van der Waals surface area (Å²) in [6.07, 6.45) is 2.15. The molecule has 0 radical (unpaired) electrons. The maximum absolute atomic E-state index is 6.41. The van der Waals surface area contributed by atoms with Crippen LogP contribution in [0.25, 0.3) is 11.0 Å². The zero-order chi connectivity index (χ0) is 18.1. The number of fused-ring (bicyclic) bond motifs is 1. The van der Waals surface area contributed by atoms with Crippen molar-refractivity contribution < 1.29 is 0 Å².